The number of hydrogen-bond acceptors (Lipinski definition) is 3. The lowest BCUT2D eigenvalue weighted by Crippen LogP contribution is -2.21. The van der Waals surface area contributed by atoms with Crippen LogP contribution in [-0.2, 0) is 13.0 Å². The lowest BCUT2D eigenvalue weighted by Gasteiger charge is -2.16. The fourth-order valence-electron chi connectivity index (χ4n) is 2.23. The molecule has 0 bridgehead atoms. The number of pyridine rings is 1. The van der Waals surface area contributed by atoms with Crippen molar-refractivity contribution in [1.82, 2.24) is 20.1 Å². The predicted molar refractivity (Wildman–Crippen MR) is 76.9 cm³/mol. The van der Waals surface area contributed by atoms with Gasteiger partial charge in [-0.05, 0) is 44.0 Å². The zero-order valence-electron chi connectivity index (χ0n) is 11.7. The third-order valence-corrected chi connectivity index (χ3v) is 3.30. The van der Waals surface area contributed by atoms with E-state index in [1.165, 1.54) is 11.1 Å². The predicted octanol–water partition coefficient (Wildman–Crippen LogP) is 2.58. The van der Waals surface area contributed by atoms with Crippen LogP contribution in [0.25, 0.3) is 0 Å². The molecule has 1 atom stereocenters. The Kier molecular flexibility index (Phi) is 5.10. The second-order valence-electron chi connectivity index (χ2n) is 4.63. The molecule has 2 rings (SSSR count). The number of rotatable bonds is 7. The average molecular weight is 258 g/mol. The van der Waals surface area contributed by atoms with Gasteiger partial charge in [-0.1, -0.05) is 6.92 Å². The summed E-state index contributed by atoms with van der Waals surface area (Å²) in [4.78, 5) is 4.05. The van der Waals surface area contributed by atoms with E-state index in [9.17, 15) is 0 Å². The standard InChI is InChI=1S/C15H22N4/c1-3-17-15(14-11-18-19(4-2)12-14)6-5-13-7-9-16-10-8-13/h7-12,15,17H,3-6H2,1-2H3. The molecule has 0 radical (unpaired) electrons. The lowest BCUT2D eigenvalue weighted by atomic mass is 10.0. The number of hydrogen-bond donors (Lipinski definition) is 1. The molecule has 0 saturated heterocycles. The summed E-state index contributed by atoms with van der Waals surface area (Å²) in [5.41, 5.74) is 2.61. The Bertz CT molecular complexity index is 478. The van der Waals surface area contributed by atoms with Crippen LogP contribution >= 0.6 is 0 Å². The minimum atomic E-state index is 0.374. The third kappa shape index (κ3) is 3.89. The first-order chi connectivity index (χ1) is 9.33. The van der Waals surface area contributed by atoms with Gasteiger partial charge in [0.2, 0.25) is 0 Å². The summed E-state index contributed by atoms with van der Waals surface area (Å²) in [5.74, 6) is 0. The minimum absolute atomic E-state index is 0.374. The molecule has 0 amide bonds. The van der Waals surface area contributed by atoms with Gasteiger partial charge in [-0.2, -0.15) is 5.10 Å². The Morgan fingerprint density at radius 3 is 2.68 bits per heavy atom. The first-order valence-electron chi connectivity index (χ1n) is 6.98. The van der Waals surface area contributed by atoms with Crippen LogP contribution in [-0.4, -0.2) is 21.3 Å². The largest absolute Gasteiger partial charge is 0.310 e. The minimum Gasteiger partial charge on any atom is -0.310 e. The summed E-state index contributed by atoms with van der Waals surface area (Å²) < 4.78 is 1.98. The fraction of sp³-hybridized carbons (Fsp3) is 0.467. The molecule has 0 aromatic carbocycles. The number of nitrogens with zero attached hydrogens (tertiary/aromatic N) is 3. The summed E-state index contributed by atoms with van der Waals surface area (Å²) in [6.07, 6.45) is 9.95. The van der Waals surface area contributed by atoms with Crippen molar-refractivity contribution in [2.45, 2.75) is 39.3 Å². The summed E-state index contributed by atoms with van der Waals surface area (Å²) in [5, 5.41) is 7.90. The van der Waals surface area contributed by atoms with Crippen LogP contribution in [0.1, 0.15) is 37.4 Å². The highest BCUT2D eigenvalue weighted by atomic mass is 15.3. The first kappa shape index (κ1) is 13.7. The number of aryl methyl sites for hydroxylation is 2. The molecular weight excluding hydrogens is 236 g/mol. The van der Waals surface area contributed by atoms with Crippen molar-refractivity contribution < 1.29 is 0 Å². The maximum Gasteiger partial charge on any atom is 0.0537 e. The van der Waals surface area contributed by atoms with Gasteiger partial charge in [0.05, 0.1) is 6.20 Å². The van der Waals surface area contributed by atoms with Crippen LogP contribution in [0.5, 0.6) is 0 Å². The maximum absolute atomic E-state index is 4.36. The van der Waals surface area contributed by atoms with E-state index in [1.807, 2.05) is 23.3 Å². The highest BCUT2D eigenvalue weighted by Crippen LogP contribution is 2.18. The molecule has 1 N–H and O–H groups in total. The molecule has 19 heavy (non-hydrogen) atoms. The molecule has 2 aromatic rings. The van der Waals surface area contributed by atoms with Gasteiger partial charge in [-0.3, -0.25) is 9.67 Å². The van der Waals surface area contributed by atoms with E-state index in [4.69, 9.17) is 0 Å². The maximum atomic E-state index is 4.36. The Morgan fingerprint density at radius 1 is 1.26 bits per heavy atom. The second-order valence-corrected chi connectivity index (χ2v) is 4.63. The van der Waals surface area contributed by atoms with Gasteiger partial charge in [-0.25, -0.2) is 0 Å². The normalized spacial score (nSPS) is 12.5. The quantitative estimate of drug-likeness (QED) is 0.830. The lowest BCUT2D eigenvalue weighted by molar-refractivity contribution is 0.514. The SMILES string of the molecule is CCNC(CCc1ccncc1)c1cnn(CC)c1. The van der Waals surface area contributed by atoms with Crippen molar-refractivity contribution in [3.8, 4) is 0 Å². The van der Waals surface area contributed by atoms with Crippen LogP contribution in [0.4, 0.5) is 0 Å². The average Bonchev–Trinajstić information content (AvgIpc) is 2.93. The van der Waals surface area contributed by atoms with Gasteiger partial charge >= 0.3 is 0 Å². The van der Waals surface area contributed by atoms with Crippen molar-refractivity contribution in [1.29, 1.82) is 0 Å². The molecule has 2 heterocycles. The van der Waals surface area contributed by atoms with Gasteiger partial charge in [0.15, 0.2) is 0 Å². The molecule has 0 aliphatic rings. The van der Waals surface area contributed by atoms with Crippen molar-refractivity contribution in [2.75, 3.05) is 6.54 Å². The zero-order chi connectivity index (χ0) is 13.5. The van der Waals surface area contributed by atoms with Crippen molar-refractivity contribution in [3.05, 3.63) is 48.0 Å². The smallest absolute Gasteiger partial charge is 0.0537 e. The number of nitrogens with one attached hydrogen (secondary N) is 1. The Hall–Kier alpha value is -1.68. The molecule has 0 fully saturated rings. The molecule has 0 saturated carbocycles. The Balaban J connectivity index is 1.99. The summed E-state index contributed by atoms with van der Waals surface area (Å²) in [7, 11) is 0. The van der Waals surface area contributed by atoms with Crippen LogP contribution in [0.15, 0.2) is 36.9 Å². The monoisotopic (exact) mass is 258 g/mol. The summed E-state index contributed by atoms with van der Waals surface area (Å²) in [6.45, 7) is 6.14. The van der Waals surface area contributed by atoms with Gasteiger partial charge < -0.3 is 5.32 Å². The van der Waals surface area contributed by atoms with E-state index in [0.29, 0.717) is 6.04 Å². The molecule has 0 spiro atoms. The van der Waals surface area contributed by atoms with Gasteiger partial charge in [0, 0.05) is 36.7 Å². The molecule has 102 valence electrons. The summed E-state index contributed by atoms with van der Waals surface area (Å²) in [6, 6.07) is 4.54. The summed E-state index contributed by atoms with van der Waals surface area (Å²) >= 11 is 0. The van der Waals surface area contributed by atoms with Crippen molar-refractivity contribution >= 4 is 0 Å². The zero-order valence-corrected chi connectivity index (χ0v) is 11.7. The molecule has 0 aliphatic carbocycles. The number of aromatic nitrogens is 3. The fourth-order valence-corrected chi connectivity index (χ4v) is 2.23. The molecular formula is C15H22N4. The van der Waals surface area contributed by atoms with Gasteiger partial charge in [0.25, 0.3) is 0 Å². The van der Waals surface area contributed by atoms with Gasteiger partial charge in [0.1, 0.15) is 0 Å². The molecule has 2 aromatic heterocycles. The topological polar surface area (TPSA) is 42.7 Å². The second kappa shape index (κ2) is 7.04. The van der Waals surface area contributed by atoms with E-state index in [2.05, 4.69) is 47.6 Å². The van der Waals surface area contributed by atoms with E-state index < -0.39 is 0 Å². The van der Waals surface area contributed by atoms with Crippen LogP contribution in [0, 0.1) is 0 Å². The van der Waals surface area contributed by atoms with Gasteiger partial charge in [-0.15, -0.1) is 0 Å². The Labute approximate surface area is 114 Å². The molecule has 4 nitrogen and oxygen atoms in total. The molecule has 1 unspecified atom stereocenters. The van der Waals surface area contributed by atoms with Crippen LogP contribution in [0.3, 0.4) is 0 Å². The highest BCUT2D eigenvalue weighted by molar-refractivity contribution is 5.14. The van der Waals surface area contributed by atoms with E-state index in [0.717, 1.165) is 25.9 Å². The molecule has 4 heteroatoms. The van der Waals surface area contributed by atoms with Crippen LogP contribution < -0.4 is 5.32 Å². The van der Waals surface area contributed by atoms with E-state index >= 15 is 0 Å². The third-order valence-electron chi connectivity index (χ3n) is 3.30. The first-order valence-corrected chi connectivity index (χ1v) is 6.98. The van der Waals surface area contributed by atoms with E-state index in [1.54, 1.807) is 0 Å². The van der Waals surface area contributed by atoms with Crippen molar-refractivity contribution in [2.24, 2.45) is 0 Å². The van der Waals surface area contributed by atoms with E-state index in [-0.39, 0.29) is 0 Å². The highest BCUT2D eigenvalue weighted by Gasteiger charge is 2.12. The van der Waals surface area contributed by atoms with Crippen LogP contribution in [0.2, 0.25) is 0 Å². The Morgan fingerprint density at radius 2 is 2.05 bits per heavy atom. The molecule has 0 aliphatic heterocycles. The van der Waals surface area contributed by atoms with Crippen molar-refractivity contribution in [3.63, 3.8) is 0 Å².